The minimum atomic E-state index is -0.107. The van der Waals surface area contributed by atoms with Crippen molar-refractivity contribution in [3.8, 4) is 17.2 Å². The summed E-state index contributed by atoms with van der Waals surface area (Å²) in [5, 5.41) is 11.8. The predicted octanol–water partition coefficient (Wildman–Crippen LogP) is 4.52. The molecule has 1 heterocycles. The van der Waals surface area contributed by atoms with Gasteiger partial charge in [0, 0.05) is 22.9 Å². The number of nitrogens with zero attached hydrogens (tertiary/aromatic N) is 2. The number of anilines is 1. The number of halogens is 1. The third-order valence-electron chi connectivity index (χ3n) is 3.41. The molecule has 134 valence electrons. The van der Waals surface area contributed by atoms with Gasteiger partial charge in [0.1, 0.15) is 5.75 Å². The van der Waals surface area contributed by atoms with Crippen LogP contribution in [0.1, 0.15) is 6.42 Å². The highest BCUT2D eigenvalue weighted by Gasteiger charge is 2.13. The molecule has 0 aliphatic rings. The van der Waals surface area contributed by atoms with Crippen LogP contribution in [0.2, 0.25) is 5.02 Å². The van der Waals surface area contributed by atoms with E-state index in [9.17, 15) is 4.79 Å². The smallest absolute Gasteiger partial charge is 0.276 e. The fourth-order valence-electron chi connectivity index (χ4n) is 2.22. The van der Waals surface area contributed by atoms with Gasteiger partial charge in [-0.2, -0.15) is 0 Å². The van der Waals surface area contributed by atoms with Gasteiger partial charge >= 0.3 is 0 Å². The maximum absolute atomic E-state index is 12.0. The van der Waals surface area contributed by atoms with Crippen molar-refractivity contribution in [3.05, 3.63) is 53.6 Å². The number of nitrogens with one attached hydrogen (secondary N) is 1. The molecule has 0 aliphatic heterocycles. The number of amides is 1. The fourth-order valence-corrected chi connectivity index (χ4v) is 3.11. The minimum Gasteiger partial charge on any atom is -0.496 e. The Balaban J connectivity index is 1.53. The average Bonchev–Trinajstić information content (AvgIpc) is 3.10. The SMILES string of the molecule is COc1ccccc1-c1nnc(SCCC(=O)Nc2cccc(Cl)c2)o1. The zero-order valence-electron chi connectivity index (χ0n) is 13.9. The van der Waals surface area contributed by atoms with E-state index >= 15 is 0 Å². The van der Waals surface area contributed by atoms with Crippen LogP contribution in [-0.2, 0) is 4.79 Å². The van der Waals surface area contributed by atoms with E-state index in [0.29, 0.717) is 39.7 Å². The van der Waals surface area contributed by atoms with Crippen molar-refractivity contribution in [1.82, 2.24) is 10.2 Å². The molecule has 0 saturated carbocycles. The predicted molar refractivity (Wildman–Crippen MR) is 102 cm³/mol. The van der Waals surface area contributed by atoms with E-state index in [0.717, 1.165) is 5.56 Å². The van der Waals surface area contributed by atoms with E-state index in [2.05, 4.69) is 15.5 Å². The lowest BCUT2D eigenvalue weighted by Gasteiger charge is -2.04. The van der Waals surface area contributed by atoms with E-state index in [1.807, 2.05) is 24.3 Å². The van der Waals surface area contributed by atoms with Gasteiger partial charge in [-0.05, 0) is 30.3 Å². The number of para-hydroxylation sites is 1. The molecule has 0 bridgehead atoms. The number of benzene rings is 2. The molecule has 0 fully saturated rings. The Morgan fingerprint density at radius 1 is 1.23 bits per heavy atom. The molecule has 3 aromatic rings. The molecular formula is C18H16ClN3O3S. The molecule has 8 heteroatoms. The molecule has 2 aromatic carbocycles. The van der Waals surface area contributed by atoms with E-state index in [1.165, 1.54) is 11.8 Å². The van der Waals surface area contributed by atoms with Crippen molar-refractivity contribution in [2.45, 2.75) is 11.6 Å². The first-order valence-corrected chi connectivity index (χ1v) is 9.17. The van der Waals surface area contributed by atoms with Gasteiger partial charge in [-0.1, -0.05) is 41.6 Å². The Hall–Kier alpha value is -2.51. The summed E-state index contributed by atoms with van der Waals surface area (Å²) < 4.78 is 10.9. The Labute approximate surface area is 159 Å². The molecule has 0 unspecified atom stereocenters. The van der Waals surface area contributed by atoms with Crippen LogP contribution in [0.15, 0.2) is 58.2 Å². The fraction of sp³-hybridized carbons (Fsp3) is 0.167. The summed E-state index contributed by atoms with van der Waals surface area (Å²) in [6.45, 7) is 0. The highest BCUT2D eigenvalue weighted by atomic mass is 35.5. The van der Waals surface area contributed by atoms with Gasteiger partial charge in [0.2, 0.25) is 5.91 Å². The first-order chi connectivity index (χ1) is 12.7. The first kappa shape index (κ1) is 18.3. The van der Waals surface area contributed by atoms with Crippen LogP contribution in [0.5, 0.6) is 5.75 Å². The second-order valence-corrected chi connectivity index (χ2v) is 6.71. The maximum atomic E-state index is 12.0. The number of methoxy groups -OCH3 is 1. The van der Waals surface area contributed by atoms with Gasteiger partial charge in [0.25, 0.3) is 11.1 Å². The van der Waals surface area contributed by atoms with Gasteiger partial charge in [0.05, 0.1) is 12.7 Å². The molecule has 1 aromatic heterocycles. The molecule has 0 saturated heterocycles. The van der Waals surface area contributed by atoms with Crippen LogP contribution in [0.3, 0.4) is 0 Å². The second-order valence-electron chi connectivity index (χ2n) is 5.23. The molecule has 0 atom stereocenters. The van der Waals surface area contributed by atoms with Crippen LogP contribution < -0.4 is 10.1 Å². The number of hydrogen-bond donors (Lipinski definition) is 1. The molecule has 6 nitrogen and oxygen atoms in total. The van der Waals surface area contributed by atoms with Crippen LogP contribution in [0, 0.1) is 0 Å². The molecule has 0 radical (unpaired) electrons. The Bertz CT molecular complexity index is 901. The lowest BCUT2D eigenvalue weighted by Crippen LogP contribution is -2.12. The molecule has 0 spiro atoms. The lowest BCUT2D eigenvalue weighted by molar-refractivity contribution is -0.115. The van der Waals surface area contributed by atoms with Crippen LogP contribution in [0.25, 0.3) is 11.5 Å². The molecule has 0 aliphatic carbocycles. The molecule has 3 rings (SSSR count). The van der Waals surface area contributed by atoms with Crippen molar-refractivity contribution in [3.63, 3.8) is 0 Å². The minimum absolute atomic E-state index is 0.107. The van der Waals surface area contributed by atoms with Crippen molar-refractivity contribution in [1.29, 1.82) is 0 Å². The number of carbonyl (C=O) groups is 1. The monoisotopic (exact) mass is 389 g/mol. The van der Waals surface area contributed by atoms with Gasteiger partial charge in [0.15, 0.2) is 0 Å². The number of ether oxygens (including phenoxy) is 1. The molecule has 26 heavy (non-hydrogen) atoms. The average molecular weight is 390 g/mol. The standard InChI is InChI=1S/C18H16ClN3O3S/c1-24-15-8-3-2-7-14(15)17-21-22-18(25-17)26-10-9-16(23)20-13-6-4-5-12(19)11-13/h2-8,11H,9-10H2,1H3,(H,20,23). The van der Waals surface area contributed by atoms with Gasteiger partial charge < -0.3 is 14.5 Å². The van der Waals surface area contributed by atoms with Crippen LogP contribution in [-0.4, -0.2) is 29.0 Å². The second kappa shape index (κ2) is 8.73. The van der Waals surface area contributed by atoms with Crippen molar-refractivity contribution >= 4 is 35.0 Å². The quantitative estimate of drug-likeness (QED) is 0.598. The largest absolute Gasteiger partial charge is 0.496 e. The number of thioether (sulfide) groups is 1. The summed E-state index contributed by atoms with van der Waals surface area (Å²) in [5.41, 5.74) is 1.40. The summed E-state index contributed by atoms with van der Waals surface area (Å²) in [6.07, 6.45) is 0.309. The van der Waals surface area contributed by atoms with Crippen molar-refractivity contribution in [2.24, 2.45) is 0 Å². The molecule has 1 N–H and O–H groups in total. The normalized spacial score (nSPS) is 10.5. The van der Waals surface area contributed by atoms with Crippen LogP contribution in [0.4, 0.5) is 5.69 Å². The number of carbonyl (C=O) groups excluding carboxylic acids is 1. The number of rotatable bonds is 7. The van der Waals surface area contributed by atoms with E-state index < -0.39 is 0 Å². The Morgan fingerprint density at radius 3 is 2.88 bits per heavy atom. The highest BCUT2D eigenvalue weighted by Crippen LogP contribution is 2.30. The van der Waals surface area contributed by atoms with Crippen molar-refractivity contribution in [2.75, 3.05) is 18.2 Å². The van der Waals surface area contributed by atoms with E-state index in [-0.39, 0.29) is 5.91 Å². The highest BCUT2D eigenvalue weighted by molar-refractivity contribution is 7.99. The molecule has 1 amide bonds. The van der Waals surface area contributed by atoms with E-state index in [1.54, 1.807) is 31.4 Å². The number of hydrogen-bond acceptors (Lipinski definition) is 6. The Morgan fingerprint density at radius 2 is 2.08 bits per heavy atom. The van der Waals surface area contributed by atoms with Gasteiger partial charge in [-0.25, -0.2) is 0 Å². The first-order valence-electron chi connectivity index (χ1n) is 7.81. The summed E-state index contributed by atoms with van der Waals surface area (Å²) in [7, 11) is 1.59. The number of aromatic nitrogens is 2. The topological polar surface area (TPSA) is 77.2 Å². The van der Waals surface area contributed by atoms with Crippen LogP contribution >= 0.6 is 23.4 Å². The zero-order chi connectivity index (χ0) is 18.4. The lowest BCUT2D eigenvalue weighted by atomic mass is 10.2. The van der Waals surface area contributed by atoms with Gasteiger partial charge in [-0.3, -0.25) is 4.79 Å². The summed E-state index contributed by atoms with van der Waals surface area (Å²) in [6, 6.07) is 14.4. The summed E-state index contributed by atoms with van der Waals surface area (Å²) in [4.78, 5) is 12.0. The zero-order valence-corrected chi connectivity index (χ0v) is 15.5. The van der Waals surface area contributed by atoms with E-state index in [4.69, 9.17) is 20.8 Å². The molecular weight excluding hydrogens is 374 g/mol. The third-order valence-corrected chi connectivity index (χ3v) is 4.46. The summed E-state index contributed by atoms with van der Waals surface area (Å²) in [5.74, 6) is 1.45. The van der Waals surface area contributed by atoms with Crippen molar-refractivity contribution < 1.29 is 13.9 Å². The summed E-state index contributed by atoms with van der Waals surface area (Å²) >= 11 is 7.22. The third kappa shape index (κ3) is 4.77. The maximum Gasteiger partial charge on any atom is 0.276 e. The Kier molecular flexibility index (Phi) is 6.14. The van der Waals surface area contributed by atoms with Gasteiger partial charge in [-0.15, -0.1) is 10.2 Å².